The molecule has 2 nitrogen and oxygen atoms in total. The third kappa shape index (κ3) is 2.31. The van der Waals surface area contributed by atoms with Crippen LogP contribution in [-0.4, -0.2) is 4.98 Å². The van der Waals surface area contributed by atoms with Gasteiger partial charge in [0.25, 0.3) is 0 Å². The monoisotopic (exact) mass is 262 g/mol. The number of hydrogen-bond donors (Lipinski definition) is 1. The fourth-order valence-electron chi connectivity index (χ4n) is 2.35. The lowest BCUT2D eigenvalue weighted by molar-refractivity contribution is 0.624. The first-order chi connectivity index (χ1) is 8.72. The lowest BCUT2D eigenvalue weighted by Gasteiger charge is -2.10. The number of aryl methyl sites for hydroxylation is 2. The standard InChI is InChI=1S/C14H15FN2S/c15-10-6-4-9(5-7-10)11(16)8-14-17-12-2-1-3-13(12)18-14/h4-7,11H,1-3,8,16H2. The number of halogens is 1. The van der Waals surface area contributed by atoms with Crippen molar-refractivity contribution in [2.24, 2.45) is 5.73 Å². The molecule has 0 radical (unpaired) electrons. The zero-order valence-corrected chi connectivity index (χ0v) is 10.8. The first-order valence-corrected chi connectivity index (χ1v) is 7.02. The van der Waals surface area contributed by atoms with Gasteiger partial charge in [-0.15, -0.1) is 11.3 Å². The van der Waals surface area contributed by atoms with Gasteiger partial charge in [-0.2, -0.15) is 0 Å². The van der Waals surface area contributed by atoms with Gasteiger partial charge in [-0.05, 0) is 37.0 Å². The van der Waals surface area contributed by atoms with Crippen LogP contribution in [0.1, 0.15) is 33.6 Å². The van der Waals surface area contributed by atoms with Gasteiger partial charge >= 0.3 is 0 Å². The minimum absolute atomic E-state index is 0.100. The lowest BCUT2D eigenvalue weighted by Crippen LogP contribution is -2.13. The van der Waals surface area contributed by atoms with Crippen molar-refractivity contribution in [2.75, 3.05) is 0 Å². The summed E-state index contributed by atoms with van der Waals surface area (Å²) in [6.45, 7) is 0. The fraction of sp³-hybridized carbons (Fsp3) is 0.357. The maximum atomic E-state index is 12.8. The number of aromatic nitrogens is 1. The Morgan fingerprint density at radius 1 is 1.28 bits per heavy atom. The molecule has 4 heteroatoms. The SMILES string of the molecule is NC(Cc1nc2c(s1)CCC2)c1ccc(F)cc1. The molecule has 1 aromatic carbocycles. The molecule has 0 aliphatic heterocycles. The van der Waals surface area contributed by atoms with Crippen molar-refractivity contribution in [3.63, 3.8) is 0 Å². The van der Waals surface area contributed by atoms with Gasteiger partial charge in [-0.1, -0.05) is 12.1 Å². The zero-order chi connectivity index (χ0) is 12.5. The molecule has 0 saturated carbocycles. The van der Waals surface area contributed by atoms with Gasteiger partial charge < -0.3 is 5.73 Å². The van der Waals surface area contributed by atoms with Crippen LogP contribution in [0.4, 0.5) is 4.39 Å². The normalized spacial score (nSPS) is 15.7. The van der Waals surface area contributed by atoms with E-state index in [1.54, 1.807) is 23.5 Å². The molecule has 1 aromatic heterocycles. The largest absolute Gasteiger partial charge is 0.324 e. The van der Waals surface area contributed by atoms with Gasteiger partial charge in [0.2, 0.25) is 0 Å². The maximum absolute atomic E-state index is 12.8. The van der Waals surface area contributed by atoms with Crippen LogP contribution in [0.2, 0.25) is 0 Å². The second kappa shape index (κ2) is 4.78. The molecule has 0 amide bonds. The lowest BCUT2D eigenvalue weighted by atomic mass is 10.1. The molecule has 0 saturated heterocycles. The van der Waals surface area contributed by atoms with Crippen LogP contribution >= 0.6 is 11.3 Å². The summed E-state index contributed by atoms with van der Waals surface area (Å²) in [5.41, 5.74) is 8.37. The van der Waals surface area contributed by atoms with E-state index in [9.17, 15) is 4.39 Å². The summed E-state index contributed by atoms with van der Waals surface area (Å²) in [5.74, 6) is -0.223. The molecule has 2 aromatic rings. The highest BCUT2D eigenvalue weighted by Gasteiger charge is 2.18. The Bertz CT molecular complexity index is 526. The number of nitrogens with two attached hydrogens (primary N) is 1. The minimum atomic E-state index is -0.223. The van der Waals surface area contributed by atoms with E-state index in [1.165, 1.54) is 35.5 Å². The Labute approximate surface area is 110 Å². The molecule has 1 unspecified atom stereocenters. The number of thiazole rings is 1. The summed E-state index contributed by atoms with van der Waals surface area (Å²) in [7, 11) is 0. The van der Waals surface area contributed by atoms with Gasteiger partial charge in [0.05, 0.1) is 10.7 Å². The zero-order valence-electron chi connectivity index (χ0n) is 10.0. The van der Waals surface area contributed by atoms with E-state index in [4.69, 9.17) is 5.73 Å². The molecule has 3 rings (SSSR count). The molecule has 1 atom stereocenters. The van der Waals surface area contributed by atoms with Gasteiger partial charge in [-0.3, -0.25) is 0 Å². The minimum Gasteiger partial charge on any atom is -0.324 e. The molecular formula is C14H15FN2S. The quantitative estimate of drug-likeness (QED) is 0.923. The van der Waals surface area contributed by atoms with Gasteiger partial charge in [0.1, 0.15) is 5.82 Å². The van der Waals surface area contributed by atoms with E-state index in [2.05, 4.69) is 4.98 Å². The molecule has 1 heterocycles. The van der Waals surface area contributed by atoms with E-state index < -0.39 is 0 Å². The van der Waals surface area contributed by atoms with E-state index in [0.717, 1.165) is 23.4 Å². The van der Waals surface area contributed by atoms with Crippen LogP contribution in [0.5, 0.6) is 0 Å². The molecular weight excluding hydrogens is 247 g/mol. The number of fused-ring (bicyclic) bond motifs is 1. The number of rotatable bonds is 3. The Kier molecular flexibility index (Phi) is 3.14. The third-order valence-electron chi connectivity index (χ3n) is 3.33. The second-order valence-electron chi connectivity index (χ2n) is 4.69. The highest BCUT2D eigenvalue weighted by Crippen LogP contribution is 2.29. The topological polar surface area (TPSA) is 38.9 Å². The average Bonchev–Trinajstić information content (AvgIpc) is 2.90. The summed E-state index contributed by atoms with van der Waals surface area (Å²) < 4.78 is 12.8. The Hall–Kier alpha value is -1.26. The van der Waals surface area contributed by atoms with Crippen molar-refractivity contribution in [1.29, 1.82) is 0 Å². The molecule has 94 valence electrons. The van der Waals surface area contributed by atoms with E-state index >= 15 is 0 Å². The highest BCUT2D eigenvalue weighted by molar-refractivity contribution is 7.11. The van der Waals surface area contributed by atoms with Crippen LogP contribution in [0, 0.1) is 5.82 Å². The Morgan fingerprint density at radius 3 is 2.78 bits per heavy atom. The van der Waals surface area contributed by atoms with Crippen molar-refractivity contribution in [1.82, 2.24) is 4.98 Å². The predicted octanol–water partition coefficient (Wildman–Crippen LogP) is 3.01. The van der Waals surface area contributed by atoms with Gasteiger partial charge in [-0.25, -0.2) is 9.37 Å². The first kappa shape index (κ1) is 11.8. The molecule has 1 aliphatic rings. The van der Waals surface area contributed by atoms with Gasteiger partial charge in [0.15, 0.2) is 0 Å². The molecule has 0 bridgehead atoms. The average molecular weight is 262 g/mol. The predicted molar refractivity (Wildman–Crippen MR) is 71.2 cm³/mol. The summed E-state index contributed by atoms with van der Waals surface area (Å²) in [6.07, 6.45) is 4.25. The molecule has 18 heavy (non-hydrogen) atoms. The van der Waals surface area contributed by atoms with E-state index in [1.807, 2.05) is 0 Å². The van der Waals surface area contributed by atoms with Crippen LogP contribution < -0.4 is 5.73 Å². The summed E-state index contributed by atoms with van der Waals surface area (Å²) in [6, 6.07) is 6.31. The number of nitrogens with zero attached hydrogens (tertiary/aromatic N) is 1. The summed E-state index contributed by atoms with van der Waals surface area (Å²) in [4.78, 5) is 6.07. The summed E-state index contributed by atoms with van der Waals surface area (Å²) >= 11 is 1.78. The molecule has 1 aliphatic carbocycles. The Morgan fingerprint density at radius 2 is 2.06 bits per heavy atom. The van der Waals surface area contributed by atoms with Crippen molar-refractivity contribution in [3.05, 3.63) is 51.2 Å². The van der Waals surface area contributed by atoms with Crippen molar-refractivity contribution >= 4 is 11.3 Å². The van der Waals surface area contributed by atoms with Crippen LogP contribution in [0.3, 0.4) is 0 Å². The van der Waals surface area contributed by atoms with Gasteiger partial charge in [0, 0.05) is 17.3 Å². The van der Waals surface area contributed by atoms with E-state index in [0.29, 0.717) is 0 Å². The van der Waals surface area contributed by atoms with Crippen LogP contribution in [-0.2, 0) is 19.3 Å². The second-order valence-corrected chi connectivity index (χ2v) is 5.86. The number of hydrogen-bond acceptors (Lipinski definition) is 3. The molecule has 0 spiro atoms. The van der Waals surface area contributed by atoms with Crippen LogP contribution in [0.25, 0.3) is 0 Å². The van der Waals surface area contributed by atoms with Crippen molar-refractivity contribution in [3.8, 4) is 0 Å². The maximum Gasteiger partial charge on any atom is 0.123 e. The highest BCUT2D eigenvalue weighted by atomic mass is 32.1. The van der Waals surface area contributed by atoms with Crippen molar-refractivity contribution < 1.29 is 4.39 Å². The number of benzene rings is 1. The first-order valence-electron chi connectivity index (χ1n) is 6.21. The smallest absolute Gasteiger partial charge is 0.123 e. The Balaban J connectivity index is 1.73. The van der Waals surface area contributed by atoms with Crippen molar-refractivity contribution in [2.45, 2.75) is 31.7 Å². The third-order valence-corrected chi connectivity index (χ3v) is 4.51. The van der Waals surface area contributed by atoms with Crippen LogP contribution in [0.15, 0.2) is 24.3 Å². The molecule has 0 fully saturated rings. The summed E-state index contributed by atoms with van der Waals surface area (Å²) in [5, 5.41) is 1.11. The van der Waals surface area contributed by atoms with E-state index in [-0.39, 0.29) is 11.9 Å². The fourth-order valence-corrected chi connectivity index (χ4v) is 3.56. The molecule has 2 N–H and O–H groups in total.